The molecule has 0 unspecified atom stereocenters. The molecule has 1 heterocycles. The minimum atomic E-state index is -0.794. The molecule has 1 saturated heterocycles. The number of piperidine rings is 1. The zero-order chi connectivity index (χ0) is 33.5. The first-order valence-electron chi connectivity index (χ1n) is 18.2. The molecule has 2 aromatic rings. The second-order valence-corrected chi connectivity index (χ2v) is 12.6. The van der Waals surface area contributed by atoms with Gasteiger partial charge in [-0.1, -0.05) is 97.3 Å². The number of unbranched alkanes of at least 4 members (excludes halogenated alkanes) is 13. The molecule has 1 aliphatic rings. The van der Waals surface area contributed by atoms with Gasteiger partial charge in [-0.3, -0.25) is 4.79 Å². The van der Waals surface area contributed by atoms with Gasteiger partial charge in [0.15, 0.2) is 0 Å². The van der Waals surface area contributed by atoms with Crippen LogP contribution in [0.5, 0.6) is 17.2 Å². The monoisotopic (exact) mass is 651 g/mol. The standard InChI is InChI=1S/C39H57NO7/c1-3-5-7-9-11-13-15-17-31-44-33-23-25-34(26-24-33)45-38(42)32-19-21-35(22-20-32)46-39(43)47-36-27-29-40(30-28-36)37(41)18-16-14-12-10-8-6-4-2/h19-26,36H,3-18,27-31H2,1-2H3. The number of rotatable bonds is 22. The predicted molar refractivity (Wildman–Crippen MR) is 185 cm³/mol. The first-order chi connectivity index (χ1) is 23.0. The summed E-state index contributed by atoms with van der Waals surface area (Å²) >= 11 is 0. The number of likely N-dealkylation sites (tertiary alicyclic amines) is 1. The van der Waals surface area contributed by atoms with E-state index in [4.69, 9.17) is 18.9 Å². The molecule has 1 aliphatic heterocycles. The van der Waals surface area contributed by atoms with E-state index in [2.05, 4.69) is 13.8 Å². The Balaban J connectivity index is 1.28. The Morgan fingerprint density at radius 1 is 0.617 bits per heavy atom. The minimum absolute atomic E-state index is 0.188. The SMILES string of the molecule is CCCCCCCCCCOc1ccc(OC(=O)c2ccc(OC(=O)OC3CCN(C(=O)CCCCCCCCC)CC3)cc2)cc1. The number of benzene rings is 2. The molecule has 3 rings (SSSR count). The molecule has 2 aromatic carbocycles. The van der Waals surface area contributed by atoms with Gasteiger partial charge in [0.2, 0.25) is 5.91 Å². The van der Waals surface area contributed by atoms with Gasteiger partial charge in [0.05, 0.1) is 12.2 Å². The van der Waals surface area contributed by atoms with E-state index in [1.807, 2.05) is 4.90 Å². The van der Waals surface area contributed by atoms with Gasteiger partial charge in [0.25, 0.3) is 0 Å². The third-order valence-corrected chi connectivity index (χ3v) is 8.64. The Morgan fingerprint density at radius 2 is 1.11 bits per heavy atom. The number of ether oxygens (including phenoxy) is 4. The summed E-state index contributed by atoms with van der Waals surface area (Å²) in [4.78, 5) is 39.4. The van der Waals surface area contributed by atoms with E-state index in [1.165, 1.54) is 89.2 Å². The molecule has 47 heavy (non-hydrogen) atoms. The highest BCUT2D eigenvalue weighted by Gasteiger charge is 2.25. The summed E-state index contributed by atoms with van der Waals surface area (Å²) in [7, 11) is 0. The molecule has 0 N–H and O–H groups in total. The lowest BCUT2D eigenvalue weighted by Crippen LogP contribution is -2.41. The molecular weight excluding hydrogens is 594 g/mol. The maximum absolute atomic E-state index is 12.6. The van der Waals surface area contributed by atoms with Crippen LogP contribution in [0.1, 0.15) is 140 Å². The Morgan fingerprint density at radius 3 is 1.70 bits per heavy atom. The van der Waals surface area contributed by atoms with Crippen LogP contribution in [-0.2, 0) is 9.53 Å². The average Bonchev–Trinajstić information content (AvgIpc) is 3.08. The zero-order valence-electron chi connectivity index (χ0n) is 28.9. The highest BCUT2D eigenvalue weighted by Crippen LogP contribution is 2.22. The van der Waals surface area contributed by atoms with Crippen molar-refractivity contribution in [1.82, 2.24) is 4.90 Å². The largest absolute Gasteiger partial charge is 0.514 e. The number of carbonyl (C=O) groups is 3. The van der Waals surface area contributed by atoms with Crippen molar-refractivity contribution in [3.05, 3.63) is 54.1 Å². The van der Waals surface area contributed by atoms with Crippen molar-refractivity contribution in [3.63, 3.8) is 0 Å². The lowest BCUT2D eigenvalue weighted by atomic mass is 10.1. The van der Waals surface area contributed by atoms with Crippen LogP contribution in [0, 0.1) is 0 Å². The molecule has 0 radical (unpaired) electrons. The molecule has 0 saturated carbocycles. The number of esters is 1. The van der Waals surface area contributed by atoms with Crippen molar-refractivity contribution >= 4 is 18.0 Å². The molecule has 0 bridgehead atoms. The van der Waals surface area contributed by atoms with Gasteiger partial charge in [0, 0.05) is 32.4 Å². The van der Waals surface area contributed by atoms with E-state index in [0.29, 0.717) is 50.3 Å². The first kappa shape index (κ1) is 37.9. The van der Waals surface area contributed by atoms with E-state index in [-0.39, 0.29) is 17.8 Å². The third-order valence-electron chi connectivity index (χ3n) is 8.64. The highest BCUT2D eigenvalue weighted by atomic mass is 16.7. The van der Waals surface area contributed by atoms with Crippen LogP contribution in [0.15, 0.2) is 48.5 Å². The Labute approximate surface area is 282 Å². The van der Waals surface area contributed by atoms with Crippen molar-refractivity contribution in [2.24, 2.45) is 0 Å². The molecule has 1 amide bonds. The quantitative estimate of drug-likeness (QED) is 0.0541. The second-order valence-electron chi connectivity index (χ2n) is 12.6. The molecule has 260 valence electrons. The van der Waals surface area contributed by atoms with Gasteiger partial charge in [0.1, 0.15) is 23.4 Å². The van der Waals surface area contributed by atoms with Crippen molar-refractivity contribution < 1.29 is 33.3 Å². The number of hydrogen-bond acceptors (Lipinski definition) is 7. The molecule has 0 atom stereocenters. The summed E-state index contributed by atoms with van der Waals surface area (Å²) in [6.07, 6.45) is 19.0. The average molecular weight is 652 g/mol. The van der Waals surface area contributed by atoms with Crippen LogP contribution in [-0.4, -0.2) is 48.7 Å². The molecule has 1 fully saturated rings. The van der Waals surface area contributed by atoms with Gasteiger partial charge >= 0.3 is 12.1 Å². The van der Waals surface area contributed by atoms with Crippen LogP contribution >= 0.6 is 0 Å². The van der Waals surface area contributed by atoms with Crippen molar-refractivity contribution in [3.8, 4) is 17.2 Å². The fourth-order valence-electron chi connectivity index (χ4n) is 5.73. The van der Waals surface area contributed by atoms with E-state index in [9.17, 15) is 14.4 Å². The molecule has 0 aromatic heterocycles. The maximum atomic E-state index is 12.6. The second kappa shape index (κ2) is 22.9. The van der Waals surface area contributed by atoms with E-state index < -0.39 is 12.1 Å². The number of hydrogen-bond donors (Lipinski definition) is 0. The van der Waals surface area contributed by atoms with Crippen LogP contribution < -0.4 is 14.2 Å². The fourth-order valence-corrected chi connectivity index (χ4v) is 5.73. The number of amides is 1. The van der Waals surface area contributed by atoms with Gasteiger partial charge in [-0.05, 0) is 61.4 Å². The molecule has 0 spiro atoms. The number of carbonyl (C=O) groups excluding carboxylic acids is 3. The first-order valence-corrected chi connectivity index (χ1v) is 18.2. The summed E-state index contributed by atoms with van der Waals surface area (Å²) < 4.78 is 22.1. The molecular formula is C39H57NO7. The van der Waals surface area contributed by atoms with Gasteiger partial charge in [-0.25, -0.2) is 9.59 Å². The number of nitrogens with zero attached hydrogens (tertiary/aromatic N) is 1. The van der Waals surface area contributed by atoms with Gasteiger partial charge in [-0.15, -0.1) is 0 Å². The van der Waals surface area contributed by atoms with E-state index >= 15 is 0 Å². The Hall–Kier alpha value is -3.55. The molecule has 0 aliphatic carbocycles. The summed E-state index contributed by atoms with van der Waals surface area (Å²) in [5.41, 5.74) is 0.328. The summed E-state index contributed by atoms with van der Waals surface area (Å²) in [6, 6.07) is 13.2. The zero-order valence-corrected chi connectivity index (χ0v) is 28.9. The third kappa shape index (κ3) is 15.7. The smallest absolute Gasteiger partial charge is 0.494 e. The Bertz CT molecular complexity index is 1160. The Kier molecular flexibility index (Phi) is 18.5. The summed E-state index contributed by atoms with van der Waals surface area (Å²) in [5.74, 6) is 1.11. The minimum Gasteiger partial charge on any atom is -0.494 e. The van der Waals surface area contributed by atoms with Gasteiger partial charge in [-0.2, -0.15) is 0 Å². The maximum Gasteiger partial charge on any atom is 0.514 e. The van der Waals surface area contributed by atoms with Crippen molar-refractivity contribution in [2.75, 3.05) is 19.7 Å². The lowest BCUT2D eigenvalue weighted by molar-refractivity contribution is -0.133. The van der Waals surface area contributed by atoms with Gasteiger partial charge < -0.3 is 23.8 Å². The fraction of sp³-hybridized carbons (Fsp3) is 0.615. The molecule has 8 nitrogen and oxygen atoms in total. The summed E-state index contributed by atoms with van der Waals surface area (Å²) in [6.45, 7) is 6.29. The predicted octanol–water partition coefficient (Wildman–Crippen LogP) is 10.1. The van der Waals surface area contributed by atoms with Crippen LogP contribution in [0.4, 0.5) is 4.79 Å². The van der Waals surface area contributed by atoms with Crippen molar-refractivity contribution in [2.45, 2.75) is 136 Å². The highest BCUT2D eigenvalue weighted by molar-refractivity contribution is 5.91. The lowest BCUT2D eigenvalue weighted by Gasteiger charge is -2.31. The molecule has 8 heteroatoms. The van der Waals surface area contributed by atoms with E-state index in [0.717, 1.165) is 25.0 Å². The normalized spacial score (nSPS) is 13.3. The van der Waals surface area contributed by atoms with E-state index in [1.54, 1.807) is 36.4 Å². The summed E-state index contributed by atoms with van der Waals surface area (Å²) in [5, 5.41) is 0. The van der Waals surface area contributed by atoms with Crippen LogP contribution in [0.25, 0.3) is 0 Å². The van der Waals surface area contributed by atoms with Crippen LogP contribution in [0.3, 0.4) is 0 Å². The van der Waals surface area contributed by atoms with Crippen LogP contribution in [0.2, 0.25) is 0 Å². The van der Waals surface area contributed by atoms with Crippen molar-refractivity contribution in [1.29, 1.82) is 0 Å². The topological polar surface area (TPSA) is 91.4 Å².